The average molecular weight is 319 g/mol. The quantitative estimate of drug-likeness (QED) is 0.939. The topological polar surface area (TPSA) is 41.1 Å². The van der Waals surface area contributed by atoms with E-state index in [9.17, 15) is 0 Å². The number of hydrogen-bond acceptors (Lipinski definition) is 4. The van der Waals surface area contributed by atoms with Crippen LogP contribution < -0.4 is 10.2 Å². The highest BCUT2D eigenvalue weighted by Gasteiger charge is 2.13. The molecule has 19 heavy (non-hydrogen) atoms. The molecule has 0 atom stereocenters. The fourth-order valence-corrected chi connectivity index (χ4v) is 2.63. The van der Waals surface area contributed by atoms with Gasteiger partial charge >= 0.3 is 0 Å². The van der Waals surface area contributed by atoms with Crippen LogP contribution in [0.4, 0.5) is 17.5 Å². The van der Waals surface area contributed by atoms with Gasteiger partial charge in [0.05, 0.1) is 0 Å². The van der Waals surface area contributed by atoms with E-state index in [0.717, 1.165) is 29.1 Å². The molecular weight excluding hydrogens is 304 g/mol. The number of nitrogens with zero attached hydrogens (tertiary/aromatic N) is 3. The van der Waals surface area contributed by atoms with Gasteiger partial charge in [0.1, 0.15) is 5.82 Å². The van der Waals surface area contributed by atoms with Crippen LogP contribution in [0.1, 0.15) is 12.8 Å². The normalized spacial score (nSPS) is 14.7. The van der Waals surface area contributed by atoms with Crippen molar-refractivity contribution >= 4 is 33.4 Å². The summed E-state index contributed by atoms with van der Waals surface area (Å²) in [5, 5.41) is 3.23. The second kappa shape index (κ2) is 5.57. The first-order valence-corrected chi connectivity index (χ1v) is 7.21. The summed E-state index contributed by atoms with van der Waals surface area (Å²) in [7, 11) is 0. The summed E-state index contributed by atoms with van der Waals surface area (Å²) in [4.78, 5) is 11.1. The third-order valence-electron chi connectivity index (χ3n) is 3.15. The van der Waals surface area contributed by atoms with Gasteiger partial charge in [-0.05, 0) is 37.1 Å². The molecule has 1 saturated heterocycles. The lowest BCUT2D eigenvalue weighted by molar-refractivity contribution is 0.930. The van der Waals surface area contributed by atoms with Crippen molar-refractivity contribution in [3.8, 4) is 0 Å². The van der Waals surface area contributed by atoms with Crippen molar-refractivity contribution < 1.29 is 0 Å². The van der Waals surface area contributed by atoms with Crippen LogP contribution in [0, 0.1) is 0 Å². The van der Waals surface area contributed by atoms with Crippen LogP contribution >= 0.6 is 15.9 Å². The van der Waals surface area contributed by atoms with E-state index in [1.807, 2.05) is 30.3 Å². The molecule has 98 valence electrons. The SMILES string of the molecule is Brc1cccc(Nc2nccc(N3CCCC3)n2)c1. The Hall–Kier alpha value is -1.62. The summed E-state index contributed by atoms with van der Waals surface area (Å²) in [6.45, 7) is 2.18. The molecule has 2 aromatic rings. The van der Waals surface area contributed by atoms with Crippen molar-refractivity contribution in [3.05, 3.63) is 41.0 Å². The highest BCUT2D eigenvalue weighted by Crippen LogP contribution is 2.21. The molecule has 1 aromatic carbocycles. The van der Waals surface area contributed by atoms with E-state index in [1.54, 1.807) is 6.20 Å². The van der Waals surface area contributed by atoms with E-state index in [1.165, 1.54) is 12.8 Å². The minimum atomic E-state index is 0.641. The van der Waals surface area contributed by atoms with Crippen molar-refractivity contribution in [3.63, 3.8) is 0 Å². The molecule has 1 N–H and O–H groups in total. The summed E-state index contributed by atoms with van der Waals surface area (Å²) < 4.78 is 1.04. The van der Waals surface area contributed by atoms with Crippen molar-refractivity contribution in [2.24, 2.45) is 0 Å². The Morgan fingerprint density at radius 1 is 1.16 bits per heavy atom. The molecule has 0 spiro atoms. The number of halogens is 1. The summed E-state index contributed by atoms with van der Waals surface area (Å²) in [6.07, 6.45) is 4.30. The fourth-order valence-electron chi connectivity index (χ4n) is 2.23. The van der Waals surface area contributed by atoms with E-state index in [4.69, 9.17) is 0 Å². The highest BCUT2D eigenvalue weighted by molar-refractivity contribution is 9.10. The molecule has 0 unspecified atom stereocenters. The van der Waals surface area contributed by atoms with Crippen LogP contribution in [-0.2, 0) is 0 Å². The Bertz CT molecular complexity index is 567. The van der Waals surface area contributed by atoms with E-state index >= 15 is 0 Å². The van der Waals surface area contributed by atoms with Crippen molar-refractivity contribution in [2.45, 2.75) is 12.8 Å². The molecule has 1 fully saturated rings. The lowest BCUT2D eigenvalue weighted by atomic mass is 10.3. The van der Waals surface area contributed by atoms with Gasteiger partial charge in [0.15, 0.2) is 0 Å². The molecule has 2 heterocycles. The molecule has 1 aromatic heterocycles. The number of aromatic nitrogens is 2. The maximum absolute atomic E-state index is 4.57. The predicted molar refractivity (Wildman–Crippen MR) is 80.9 cm³/mol. The van der Waals surface area contributed by atoms with Gasteiger partial charge in [-0.3, -0.25) is 0 Å². The zero-order valence-corrected chi connectivity index (χ0v) is 12.1. The molecule has 0 saturated carbocycles. The molecule has 1 aliphatic heterocycles. The van der Waals surface area contributed by atoms with Gasteiger partial charge in [0.2, 0.25) is 5.95 Å². The van der Waals surface area contributed by atoms with Crippen molar-refractivity contribution in [1.82, 2.24) is 9.97 Å². The zero-order chi connectivity index (χ0) is 13.1. The maximum Gasteiger partial charge on any atom is 0.229 e. The molecule has 0 radical (unpaired) electrons. The van der Waals surface area contributed by atoms with Crippen molar-refractivity contribution in [1.29, 1.82) is 0 Å². The summed E-state index contributed by atoms with van der Waals surface area (Å²) >= 11 is 3.45. The Morgan fingerprint density at radius 2 is 2.00 bits per heavy atom. The molecule has 0 amide bonds. The number of benzene rings is 1. The summed E-state index contributed by atoms with van der Waals surface area (Å²) in [5.41, 5.74) is 0.980. The molecule has 0 bridgehead atoms. The molecular formula is C14H15BrN4. The number of anilines is 3. The maximum atomic E-state index is 4.57. The number of hydrogen-bond donors (Lipinski definition) is 1. The smallest absolute Gasteiger partial charge is 0.229 e. The van der Waals surface area contributed by atoms with Gasteiger partial charge in [0, 0.05) is 29.4 Å². The Morgan fingerprint density at radius 3 is 2.79 bits per heavy atom. The third-order valence-corrected chi connectivity index (χ3v) is 3.64. The Balaban J connectivity index is 1.79. The first-order chi connectivity index (χ1) is 9.31. The van der Waals surface area contributed by atoms with Crippen LogP contribution in [-0.4, -0.2) is 23.1 Å². The minimum absolute atomic E-state index is 0.641. The molecule has 3 rings (SSSR count). The third kappa shape index (κ3) is 3.04. The zero-order valence-electron chi connectivity index (χ0n) is 10.5. The number of rotatable bonds is 3. The van der Waals surface area contributed by atoms with Gasteiger partial charge in [-0.2, -0.15) is 4.98 Å². The van der Waals surface area contributed by atoms with E-state index < -0.39 is 0 Å². The standard InChI is InChI=1S/C14H15BrN4/c15-11-4-3-5-12(10-11)17-14-16-7-6-13(18-14)19-8-1-2-9-19/h3-7,10H,1-2,8-9H2,(H,16,17,18). The van der Waals surface area contributed by atoms with Crippen LogP contribution in [0.2, 0.25) is 0 Å². The molecule has 5 heteroatoms. The monoisotopic (exact) mass is 318 g/mol. The van der Waals surface area contributed by atoms with E-state index in [0.29, 0.717) is 5.95 Å². The fraction of sp³-hybridized carbons (Fsp3) is 0.286. The second-order valence-corrected chi connectivity index (χ2v) is 5.48. The lowest BCUT2D eigenvalue weighted by Gasteiger charge is -2.16. The van der Waals surface area contributed by atoms with E-state index in [2.05, 4.69) is 36.1 Å². The number of nitrogens with one attached hydrogen (secondary N) is 1. The minimum Gasteiger partial charge on any atom is -0.356 e. The van der Waals surface area contributed by atoms with Gasteiger partial charge in [-0.25, -0.2) is 4.98 Å². The van der Waals surface area contributed by atoms with Gasteiger partial charge in [-0.15, -0.1) is 0 Å². The van der Waals surface area contributed by atoms with Crippen LogP contribution in [0.5, 0.6) is 0 Å². The van der Waals surface area contributed by atoms with Crippen molar-refractivity contribution in [2.75, 3.05) is 23.3 Å². The first-order valence-electron chi connectivity index (χ1n) is 6.42. The van der Waals surface area contributed by atoms with Crippen LogP contribution in [0.15, 0.2) is 41.0 Å². The van der Waals surface area contributed by atoms with Gasteiger partial charge < -0.3 is 10.2 Å². The van der Waals surface area contributed by atoms with Crippen LogP contribution in [0.25, 0.3) is 0 Å². The Labute approximate surface area is 121 Å². The Kier molecular flexibility index (Phi) is 3.64. The lowest BCUT2D eigenvalue weighted by Crippen LogP contribution is -2.19. The molecule has 1 aliphatic rings. The molecule has 4 nitrogen and oxygen atoms in total. The second-order valence-electron chi connectivity index (χ2n) is 4.57. The highest BCUT2D eigenvalue weighted by atomic mass is 79.9. The van der Waals surface area contributed by atoms with E-state index in [-0.39, 0.29) is 0 Å². The van der Waals surface area contributed by atoms with Gasteiger partial charge in [-0.1, -0.05) is 22.0 Å². The molecule has 0 aliphatic carbocycles. The first kappa shape index (κ1) is 12.4. The van der Waals surface area contributed by atoms with Crippen LogP contribution in [0.3, 0.4) is 0 Å². The largest absolute Gasteiger partial charge is 0.356 e. The summed E-state index contributed by atoms with van der Waals surface area (Å²) in [6, 6.07) is 9.95. The summed E-state index contributed by atoms with van der Waals surface area (Å²) in [5.74, 6) is 1.65. The predicted octanol–water partition coefficient (Wildman–Crippen LogP) is 3.58. The van der Waals surface area contributed by atoms with Gasteiger partial charge in [0.25, 0.3) is 0 Å². The average Bonchev–Trinajstić information content (AvgIpc) is 2.93.